The van der Waals surface area contributed by atoms with Crippen LogP contribution in [0.4, 0.5) is 8.78 Å². The van der Waals surface area contributed by atoms with Gasteiger partial charge in [0.25, 0.3) is 0 Å². The van der Waals surface area contributed by atoms with E-state index in [1.165, 1.54) is 6.07 Å². The number of nitrogens with two attached hydrogens (primary N) is 1. The van der Waals surface area contributed by atoms with E-state index in [4.69, 9.17) is 5.73 Å². The Hall–Kier alpha value is -1.00. The second-order valence-corrected chi connectivity index (χ2v) is 5.39. The lowest BCUT2D eigenvalue weighted by molar-refractivity contribution is 0.130. The van der Waals surface area contributed by atoms with Crippen molar-refractivity contribution in [2.75, 3.05) is 0 Å². The van der Waals surface area contributed by atoms with Gasteiger partial charge in [0, 0.05) is 17.7 Å². The molecule has 0 saturated heterocycles. The molecule has 2 atom stereocenters. The third-order valence-corrected chi connectivity index (χ3v) is 2.91. The van der Waals surface area contributed by atoms with E-state index < -0.39 is 17.7 Å². The van der Waals surface area contributed by atoms with Crippen LogP contribution in [0, 0.1) is 17.0 Å². The minimum atomic E-state index is -1.01. The molecule has 0 spiro atoms. The topological polar surface area (TPSA) is 46.2 Å². The highest BCUT2D eigenvalue weighted by atomic mass is 19.1. The first-order valence-electron chi connectivity index (χ1n) is 5.60. The third-order valence-electron chi connectivity index (χ3n) is 2.91. The molecule has 0 heterocycles. The third kappa shape index (κ3) is 3.75. The molecule has 0 fully saturated rings. The number of hydrogen-bond acceptors (Lipinski definition) is 2. The number of hydrogen-bond donors (Lipinski definition) is 2. The molecule has 0 aliphatic carbocycles. The van der Waals surface area contributed by atoms with Gasteiger partial charge < -0.3 is 10.8 Å². The highest BCUT2D eigenvalue weighted by molar-refractivity contribution is 5.21. The van der Waals surface area contributed by atoms with Crippen LogP contribution >= 0.6 is 0 Å². The van der Waals surface area contributed by atoms with Crippen LogP contribution in [0.15, 0.2) is 18.2 Å². The molecular weight excluding hydrogens is 224 g/mol. The number of halogens is 2. The highest BCUT2D eigenvalue weighted by Crippen LogP contribution is 2.28. The average Bonchev–Trinajstić information content (AvgIpc) is 2.15. The van der Waals surface area contributed by atoms with Gasteiger partial charge in [-0.05, 0) is 17.9 Å². The van der Waals surface area contributed by atoms with E-state index in [-0.39, 0.29) is 23.4 Å². The standard InChI is InChI=1S/C13H19F2NO/c1-13(2,3)12(16)7-11(17)9-5-4-8(14)6-10(9)15/h4-6,11-12,17H,7,16H2,1-3H3/t11-,12+/m0/s1. The van der Waals surface area contributed by atoms with Gasteiger partial charge in [0.1, 0.15) is 11.6 Å². The molecule has 0 amide bonds. The van der Waals surface area contributed by atoms with Crippen LogP contribution in [0.25, 0.3) is 0 Å². The summed E-state index contributed by atoms with van der Waals surface area (Å²) in [4.78, 5) is 0. The van der Waals surface area contributed by atoms with Crippen LogP contribution in [0.1, 0.15) is 38.9 Å². The van der Waals surface area contributed by atoms with Gasteiger partial charge in [0.05, 0.1) is 6.10 Å². The zero-order valence-corrected chi connectivity index (χ0v) is 10.4. The summed E-state index contributed by atoms with van der Waals surface area (Å²) in [6.07, 6.45) is -0.767. The van der Waals surface area contributed by atoms with Crippen molar-refractivity contribution in [2.24, 2.45) is 11.1 Å². The van der Waals surface area contributed by atoms with Crippen LogP contribution in [0.3, 0.4) is 0 Å². The molecule has 0 radical (unpaired) electrons. The minimum Gasteiger partial charge on any atom is -0.388 e. The average molecular weight is 243 g/mol. The first-order chi connectivity index (χ1) is 7.71. The maximum absolute atomic E-state index is 13.4. The summed E-state index contributed by atoms with van der Waals surface area (Å²) in [6.45, 7) is 5.85. The molecule has 1 aromatic carbocycles. The van der Waals surface area contributed by atoms with E-state index >= 15 is 0 Å². The van der Waals surface area contributed by atoms with Crippen LogP contribution in [-0.4, -0.2) is 11.1 Å². The van der Waals surface area contributed by atoms with Crippen molar-refractivity contribution >= 4 is 0 Å². The van der Waals surface area contributed by atoms with Crippen molar-refractivity contribution in [3.05, 3.63) is 35.4 Å². The molecule has 17 heavy (non-hydrogen) atoms. The van der Waals surface area contributed by atoms with Gasteiger partial charge >= 0.3 is 0 Å². The second-order valence-electron chi connectivity index (χ2n) is 5.39. The maximum atomic E-state index is 13.4. The Bertz CT molecular complexity index is 387. The van der Waals surface area contributed by atoms with E-state index in [0.717, 1.165) is 12.1 Å². The summed E-state index contributed by atoms with van der Waals surface area (Å²) in [6, 6.07) is 2.89. The molecule has 96 valence electrons. The Morgan fingerprint density at radius 1 is 1.29 bits per heavy atom. The number of benzene rings is 1. The van der Waals surface area contributed by atoms with E-state index in [1.807, 2.05) is 20.8 Å². The SMILES string of the molecule is CC(C)(C)[C@H](N)C[C@H](O)c1ccc(F)cc1F. The van der Waals surface area contributed by atoms with Gasteiger partial charge in [-0.1, -0.05) is 26.8 Å². The quantitative estimate of drug-likeness (QED) is 0.857. The molecule has 4 heteroatoms. The van der Waals surface area contributed by atoms with Gasteiger partial charge in [0.15, 0.2) is 0 Å². The molecule has 0 unspecified atom stereocenters. The lowest BCUT2D eigenvalue weighted by Crippen LogP contribution is -2.36. The zero-order valence-electron chi connectivity index (χ0n) is 10.4. The Labute approximate surface area is 100 Å². The van der Waals surface area contributed by atoms with Crippen LogP contribution < -0.4 is 5.73 Å². The molecule has 0 aromatic heterocycles. The summed E-state index contributed by atoms with van der Waals surface area (Å²) in [5, 5.41) is 9.88. The molecule has 1 aromatic rings. The smallest absolute Gasteiger partial charge is 0.131 e. The van der Waals surface area contributed by atoms with E-state index in [1.54, 1.807) is 0 Å². The molecular formula is C13H19F2NO. The van der Waals surface area contributed by atoms with Crippen LogP contribution in [0.5, 0.6) is 0 Å². The Morgan fingerprint density at radius 3 is 2.35 bits per heavy atom. The van der Waals surface area contributed by atoms with Gasteiger partial charge in [-0.2, -0.15) is 0 Å². The number of rotatable bonds is 3. The number of aliphatic hydroxyl groups excluding tert-OH is 1. The largest absolute Gasteiger partial charge is 0.388 e. The van der Waals surface area contributed by atoms with Crippen molar-refractivity contribution in [3.8, 4) is 0 Å². The highest BCUT2D eigenvalue weighted by Gasteiger charge is 2.25. The van der Waals surface area contributed by atoms with Crippen molar-refractivity contribution in [2.45, 2.75) is 39.3 Å². The molecule has 0 bridgehead atoms. The maximum Gasteiger partial charge on any atom is 0.131 e. The lowest BCUT2D eigenvalue weighted by Gasteiger charge is -2.29. The second kappa shape index (κ2) is 5.10. The zero-order chi connectivity index (χ0) is 13.2. The van der Waals surface area contributed by atoms with Crippen molar-refractivity contribution < 1.29 is 13.9 Å². The molecule has 2 nitrogen and oxygen atoms in total. The van der Waals surface area contributed by atoms with E-state index in [2.05, 4.69) is 0 Å². The fourth-order valence-electron chi connectivity index (χ4n) is 1.49. The van der Waals surface area contributed by atoms with Gasteiger partial charge in [0.2, 0.25) is 0 Å². The fourth-order valence-corrected chi connectivity index (χ4v) is 1.49. The predicted molar refractivity (Wildman–Crippen MR) is 63.4 cm³/mol. The lowest BCUT2D eigenvalue weighted by atomic mass is 9.83. The molecule has 3 N–H and O–H groups in total. The van der Waals surface area contributed by atoms with Crippen molar-refractivity contribution in [1.29, 1.82) is 0 Å². The van der Waals surface area contributed by atoms with E-state index in [9.17, 15) is 13.9 Å². The monoisotopic (exact) mass is 243 g/mol. The minimum absolute atomic E-state index is 0.0890. The first-order valence-corrected chi connectivity index (χ1v) is 5.60. The summed E-state index contributed by atoms with van der Waals surface area (Å²) < 4.78 is 26.1. The number of aliphatic hydroxyl groups is 1. The Morgan fingerprint density at radius 2 is 1.88 bits per heavy atom. The summed E-state index contributed by atoms with van der Waals surface area (Å²) in [7, 11) is 0. The summed E-state index contributed by atoms with van der Waals surface area (Å²) in [5.74, 6) is -1.39. The van der Waals surface area contributed by atoms with Crippen LogP contribution in [-0.2, 0) is 0 Å². The molecule has 0 saturated carbocycles. The van der Waals surface area contributed by atoms with Gasteiger partial charge in [-0.25, -0.2) is 8.78 Å². The van der Waals surface area contributed by atoms with Crippen LogP contribution in [0.2, 0.25) is 0 Å². The first kappa shape index (κ1) is 14.1. The van der Waals surface area contributed by atoms with Gasteiger partial charge in [-0.15, -0.1) is 0 Å². The Kier molecular flexibility index (Phi) is 4.22. The predicted octanol–water partition coefficient (Wildman–Crippen LogP) is 2.76. The fraction of sp³-hybridized carbons (Fsp3) is 0.538. The van der Waals surface area contributed by atoms with Crippen molar-refractivity contribution in [3.63, 3.8) is 0 Å². The van der Waals surface area contributed by atoms with Gasteiger partial charge in [-0.3, -0.25) is 0 Å². The molecule has 0 aliphatic heterocycles. The van der Waals surface area contributed by atoms with E-state index in [0.29, 0.717) is 0 Å². The summed E-state index contributed by atoms with van der Waals surface area (Å²) in [5.41, 5.74) is 5.83. The van der Waals surface area contributed by atoms with Crippen molar-refractivity contribution in [1.82, 2.24) is 0 Å². The molecule has 1 rings (SSSR count). The Balaban J connectivity index is 2.80. The summed E-state index contributed by atoms with van der Waals surface area (Å²) >= 11 is 0. The normalized spacial score (nSPS) is 15.7. The molecule has 0 aliphatic rings.